The van der Waals surface area contributed by atoms with Crippen molar-refractivity contribution >= 4 is 5.97 Å². The van der Waals surface area contributed by atoms with E-state index in [0.717, 1.165) is 0 Å². The molecule has 0 aromatic rings. The van der Waals surface area contributed by atoms with E-state index in [-0.39, 0.29) is 6.42 Å². The van der Waals surface area contributed by atoms with E-state index in [1.165, 1.54) is 0 Å². The Hall–Kier alpha value is -1.07. The SMILES string of the molecule is C=C(C)N[C@@H](CC(O)O)C(=O)O. The highest BCUT2D eigenvalue weighted by molar-refractivity contribution is 5.73. The van der Waals surface area contributed by atoms with Gasteiger partial charge in [-0.25, -0.2) is 4.79 Å². The molecule has 0 aromatic heterocycles. The number of allylic oxidation sites excluding steroid dienone is 1. The lowest BCUT2D eigenvalue weighted by Gasteiger charge is -2.15. The molecule has 0 aliphatic rings. The molecule has 0 aliphatic carbocycles. The van der Waals surface area contributed by atoms with Gasteiger partial charge in [-0.3, -0.25) is 0 Å². The third-order valence-electron chi connectivity index (χ3n) is 1.17. The first-order valence-electron chi connectivity index (χ1n) is 3.44. The van der Waals surface area contributed by atoms with Crippen LogP contribution in [0.3, 0.4) is 0 Å². The standard InChI is InChI=1S/C7H13NO4/c1-4(2)8-5(7(11)12)3-6(9)10/h5-6,8-10H,1,3H2,2H3,(H,11,12)/t5-/m0/s1. The summed E-state index contributed by atoms with van der Waals surface area (Å²) >= 11 is 0. The highest BCUT2D eigenvalue weighted by Gasteiger charge is 2.19. The molecule has 0 saturated heterocycles. The molecule has 70 valence electrons. The van der Waals surface area contributed by atoms with E-state index in [1.807, 2.05) is 0 Å². The normalized spacial score (nSPS) is 12.7. The Balaban J connectivity index is 4.04. The molecule has 5 nitrogen and oxygen atoms in total. The smallest absolute Gasteiger partial charge is 0.326 e. The van der Waals surface area contributed by atoms with Crippen molar-refractivity contribution < 1.29 is 20.1 Å². The molecule has 0 heterocycles. The molecule has 5 heteroatoms. The third-order valence-corrected chi connectivity index (χ3v) is 1.17. The topological polar surface area (TPSA) is 89.8 Å². The fourth-order valence-corrected chi connectivity index (χ4v) is 0.730. The first kappa shape index (κ1) is 10.9. The lowest BCUT2D eigenvalue weighted by atomic mass is 10.2. The summed E-state index contributed by atoms with van der Waals surface area (Å²) in [5.74, 6) is -1.13. The number of aliphatic hydroxyl groups is 2. The molecule has 0 rings (SSSR count). The van der Waals surface area contributed by atoms with Gasteiger partial charge in [0, 0.05) is 12.1 Å². The Morgan fingerprint density at radius 3 is 2.33 bits per heavy atom. The maximum Gasteiger partial charge on any atom is 0.326 e. The number of aliphatic hydroxyl groups excluding tert-OH is 1. The Labute approximate surface area is 70.3 Å². The number of rotatable bonds is 5. The van der Waals surface area contributed by atoms with Crippen LogP contribution in [0.5, 0.6) is 0 Å². The minimum Gasteiger partial charge on any atom is -0.480 e. The lowest BCUT2D eigenvalue weighted by Crippen LogP contribution is -2.38. The van der Waals surface area contributed by atoms with Crippen LogP contribution in [0.4, 0.5) is 0 Å². The van der Waals surface area contributed by atoms with Crippen molar-refractivity contribution in [2.75, 3.05) is 0 Å². The number of nitrogens with one attached hydrogen (secondary N) is 1. The molecule has 1 atom stereocenters. The third kappa shape index (κ3) is 4.70. The Bertz CT molecular complexity index is 178. The van der Waals surface area contributed by atoms with Crippen LogP contribution in [-0.4, -0.2) is 33.6 Å². The van der Waals surface area contributed by atoms with Crippen LogP contribution >= 0.6 is 0 Å². The Kier molecular flexibility index (Phi) is 4.31. The number of carboxylic acid groups (broad SMARTS) is 1. The number of hydrogen-bond donors (Lipinski definition) is 4. The number of aliphatic carboxylic acids is 1. The fraction of sp³-hybridized carbons (Fsp3) is 0.571. The van der Waals surface area contributed by atoms with Crippen LogP contribution in [-0.2, 0) is 4.79 Å². The molecule has 0 amide bonds. The van der Waals surface area contributed by atoms with Crippen molar-refractivity contribution in [1.82, 2.24) is 5.32 Å². The van der Waals surface area contributed by atoms with Crippen molar-refractivity contribution in [3.63, 3.8) is 0 Å². The van der Waals surface area contributed by atoms with E-state index in [9.17, 15) is 4.79 Å². The quantitative estimate of drug-likeness (QED) is 0.413. The summed E-state index contributed by atoms with van der Waals surface area (Å²) in [5, 5.41) is 28.1. The highest BCUT2D eigenvalue weighted by atomic mass is 16.5. The molecule has 12 heavy (non-hydrogen) atoms. The van der Waals surface area contributed by atoms with E-state index in [2.05, 4.69) is 11.9 Å². The molecule has 0 unspecified atom stereocenters. The van der Waals surface area contributed by atoms with Gasteiger partial charge in [-0.2, -0.15) is 0 Å². The predicted molar refractivity (Wildman–Crippen MR) is 42.2 cm³/mol. The zero-order chi connectivity index (χ0) is 9.72. The summed E-state index contributed by atoms with van der Waals surface area (Å²) in [7, 11) is 0. The van der Waals surface area contributed by atoms with Gasteiger partial charge in [-0.05, 0) is 6.92 Å². The van der Waals surface area contributed by atoms with E-state index < -0.39 is 18.3 Å². The van der Waals surface area contributed by atoms with Crippen LogP contribution in [0.1, 0.15) is 13.3 Å². The fourth-order valence-electron chi connectivity index (χ4n) is 0.730. The van der Waals surface area contributed by atoms with E-state index in [1.54, 1.807) is 6.92 Å². The average molecular weight is 175 g/mol. The summed E-state index contributed by atoms with van der Waals surface area (Å²) in [4.78, 5) is 10.4. The van der Waals surface area contributed by atoms with Crippen molar-refractivity contribution in [2.24, 2.45) is 0 Å². The van der Waals surface area contributed by atoms with E-state index in [4.69, 9.17) is 15.3 Å². The highest BCUT2D eigenvalue weighted by Crippen LogP contribution is 1.98. The van der Waals surface area contributed by atoms with Gasteiger partial charge in [-0.1, -0.05) is 6.58 Å². The van der Waals surface area contributed by atoms with Crippen molar-refractivity contribution in [3.05, 3.63) is 12.3 Å². The second kappa shape index (κ2) is 4.74. The summed E-state index contributed by atoms with van der Waals surface area (Å²) in [6.07, 6.45) is -1.89. The monoisotopic (exact) mass is 175 g/mol. The molecule has 0 aromatic carbocycles. The summed E-state index contributed by atoms with van der Waals surface area (Å²) in [5.41, 5.74) is 0.475. The number of carbonyl (C=O) groups is 1. The van der Waals surface area contributed by atoms with Gasteiger partial charge in [0.05, 0.1) is 0 Å². The molecule has 0 saturated carbocycles. The van der Waals surface area contributed by atoms with Gasteiger partial charge in [0.1, 0.15) is 6.04 Å². The first-order valence-corrected chi connectivity index (χ1v) is 3.44. The predicted octanol–water partition coefficient (Wildman–Crippen LogP) is -0.736. The summed E-state index contributed by atoms with van der Waals surface area (Å²) < 4.78 is 0. The van der Waals surface area contributed by atoms with Crippen LogP contribution in [0.25, 0.3) is 0 Å². The van der Waals surface area contributed by atoms with Crippen molar-refractivity contribution in [1.29, 1.82) is 0 Å². The number of hydrogen-bond acceptors (Lipinski definition) is 4. The van der Waals surface area contributed by atoms with Gasteiger partial charge in [-0.15, -0.1) is 0 Å². The van der Waals surface area contributed by atoms with Crippen LogP contribution in [0.15, 0.2) is 12.3 Å². The molecule has 0 aliphatic heterocycles. The molecule has 0 bridgehead atoms. The maximum absolute atomic E-state index is 10.4. The summed E-state index contributed by atoms with van der Waals surface area (Å²) in [6.45, 7) is 5.04. The molecule has 0 fully saturated rings. The average Bonchev–Trinajstić information content (AvgIpc) is 1.83. The zero-order valence-corrected chi connectivity index (χ0v) is 6.82. The second-order valence-electron chi connectivity index (χ2n) is 2.53. The molecule has 0 spiro atoms. The van der Waals surface area contributed by atoms with Gasteiger partial charge in [0.25, 0.3) is 0 Å². The molecular formula is C7H13NO4. The van der Waals surface area contributed by atoms with E-state index >= 15 is 0 Å². The lowest BCUT2D eigenvalue weighted by molar-refractivity contribution is -0.142. The van der Waals surface area contributed by atoms with Crippen molar-refractivity contribution in [3.8, 4) is 0 Å². The van der Waals surface area contributed by atoms with Gasteiger partial charge < -0.3 is 20.6 Å². The van der Waals surface area contributed by atoms with Crippen LogP contribution in [0.2, 0.25) is 0 Å². The first-order chi connectivity index (χ1) is 5.43. The Morgan fingerprint density at radius 2 is 2.08 bits per heavy atom. The largest absolute Gasteiger partial charge is 0.480 e. The van der Waals surface area contributed by atoms with Gasteiger partial charge >= 0.3 is 5.97 Å². The Morgan fingerprint density at radius 1 is 1.58 bits per heavy atom. The van der Waals surface area contributed by atoms with Crippen molar-refractivity contribution in [2.45, 2.75) is 25.7 Å². The van der Waals surface area contributed by atoms with E-state index in [0.29, 0.717) is 5.70 Å². The summed E-state index contributed by atoms with van der Waals surface area (Å²) in [6, 6.07) is -0.998. The second-order valence-corrected chi connectivity index (χ2v) is 2.53. The molecule has 0 radical (unpaired) electrons. The number of carboxylic acids is 1. The molecule has 4 N–H and O–H groups in total. The maximum atomic E-state index is 10.4. The van der Waals surface area contributed by atoms with Gasteiger partial charge in [0.2, 0.25) is 0 Å². The minimum atomic E-state index is -1.63. The van der Waals surface area contributed by atoms with Crippen LogP contribution < -0.4 is 5.32 Å². The minimum absolute atomic E-state index is 0.262. The zero-order valence-electron chi connectivity index (χ0n) is 6.82. The van der Waals surface area contributed by atoms with Gasteiger partial charge in [0.15, 0.2) is 6.29 Å². The van der Waals surface area contributed by atoms with Crippen LogP contribution in [0, 0.1) is 0 Å². The molecular weight excluding hydrogens is 162 g/mol.